The van der Waals surface area contributed by atoms with Gasteiger partial charge in [0, 0.05) is 38.3 Å². The first-order valence-corrected chi connectivity index (χ1v) is 8.43. The van der Waals surface area contributed by atoms with Crippen LogP contribution in [0, 0.1) is 0 Å². The van der Waals surface area contributed by atoms with E-state index in [1.54, 1.807) is 25.2 Å². The molecule has 0 aliphatic heterocycles. The lowest BCUT2D eigenvalue weighted by Gasteiger charge is -2.14. The molecule has 0 aliphatic carbocycles. The van der Waals surface area contributed by atoms with E-state index in [1.807, 2.05) is 28.8 Å². The van der Waals surface area contributed by atoms with E-state index < -0.39 is 6.61 Å². The van der Waals surface area contributed by atoms with E-state index >= 15 is 0 Å². The number of alkyl halides is 2. The summed E-state index contributed by atoms with van der Waals surface area (Å²) in [6.45, 7) is -1.97. The molecule has 1 aromatic carbocycles. The SMILES string of the molecule is CN=C(NCCc1nnc2ccccn12)NCc1ccccc1OC(F)F. The molecule has 0 atom stereocenters. The number of halogens is 2. The first-order chi connectivity index (χ1) is 13.2. The van der Waals surface area contributed by atoms with Gasteiger partial charge in [0.05, 0.1) is 0 Å². The number of aliphatic imine (C=N–C) groups is 1. The van der Waals surface area contributed by atoms with Crippen molar-refractivity contribution in [3.05, 3.63) is 60.0 Å². The predicted molar refractivity (Wildman–Crippen MR) is 98.0 cm³/mol. The van der Waals surface area contributed by atoms with Gasteiger partial charge in [-0.2, -0.15) is 8.78 Å². The Labute approximate surface area is 155 Å². The summed E-state index contributed by atoms with van der Waals surface area (Å²) in [5, 5.41) is 14.5. The molecular weight excluding hydrogens is 354 g/mol. The lowest BCUT2D eigenvalue weighted by atomic mass is 10.2. The Balaban J connectivity index is 1.53. The molecule has 0 spiro atoms. The Kier molecular flexibility index (Phi) is 6.14. The summed E-state index contributed by atoms with van der Waals surface area (Å²) in [6, 6.07) is 12.4. The molecule has 0 saturated carbocycles. The maximum atomic E-state index is 12.5. The molecule has 0 amide bonds. The fourth-order valence-corrected chi connectivity index (χ4v) is 2.61. The summed E-state index contributed by atoms with van der Waals surface area (Å²) in [4.78, 5) is 4.14. The Morgan fingerprint density at radius 3 is 2.78 bits per heavy atom. The number of guanidine groups is 1. The third-order valence-electron chi connectivity index (χ3n) is 3.88. The van der Waals surface area contributed by atoms with Crippen molar-refractivity contribution in [1.82, 2.24) is 25.2 Å². The number of fused-ring (bicyclic) bond motifs is 1. The van der Waals surface area contributed by atoms with E-state index in [9.17, 15) is 8.78 Å². The van der Waals surface area contributed by atoms with Crippen molar-refractivity contribution in [2.75, 3.05) is 13.6 Å². The number of nitrogens with one attached hydrogen (secondary N) is 2. The molecule has 2 N–H and O–H groups in total. The highest BCUT2D eigenvalue weighted by Gasteiger charge is 2.10. The number of ether oxygens (including phenoxy) is 1. The van der Waals surface area contributed by atoms with Crippen LogP contribution in [0.25, 0.3) is 5.65 Å². The van der Waals surface area contributed by atoms with E-state index in [0.717, 1.165) is 11.5 Å². The second-order valence-corrected chi connectivity index (χ2v) is 5.63. The van der Waals surface area contributed by atoms with Crippen LogP contribution in [0.2, 0.25) is 0 Å². The third-order valence-corrected chi connectivity index (χ3v) is 3.88. The van der Waals surface area contributed by atoms with E-state index in [0.29, 0.717) is 31.0 Å². The number of para-hydroxylation sites is 1. The normalized spacial score (nSPS) is 11.8. The van der Waals surface area contributed by atoms with Crippen LogP contribution in [0.3, 0.4) is 0 Å². The van der Waals surface area contributed by atoms with Crippen LogP contribution >= 0.6 is 0 Å². The number of rotatable bonds is 7. The van der Waals surface area contributed by atoms with Gasteiger partial charge in [-0.05, 0) is 18.2 Å². The van der Waals surface area contributed by atoms with Crippen LogP contribution in [-0.2, 0) is 13.0 Å². The molecule has 2 aromatic heterocycles. The standard InChI is InChI=1S/C18H20F2N6O/c1-21-18(23-12-13-6-2-3-7-14(13)27-17(19)20)22-10-9-16-25-24-15-8-4-5-11-26(15)16/h2-8,11,17H,9-10,12H2,1H3,(H2,21,22,23). The van der Waals surface area contributed by atoms with Gasteiger partial charge in [-0.15, -0.1) is 10.2 Å². The molecule has 0 aliphatic rings. The summed E-state index contributed by atoms with van der Waals surface area (Å²) in [7, 11) is 1.64. The monoisotopic (exact) mass is 374 g/mol. The van der Waals surface area contributed by atoms with E-state index in [2.05, 4.69) is 30.6 Å². The molecule has 3 aromatic rings. The summed E-state index contributed by atoms with van der Waals surface area (Å²) >= 11 is 0. The Morgan fingerprint density at radius 1 is 1.15 bits per heavy atom. The van der Waals surface area contributed by atoms with Gasteiger partial charge in [-0.25, -0.2) is 0 Å². The zero-order chi connectivity index (χ0) is 19.1. The van der Waals surface area contributed by atoms with Crippen molar-refractivity contribution in [3.63, 3.8) is 0 Å². The van der Waals surface area contributed by atoms with Crippen molar-refractivity contribution in [2.24, 2.45) is 4.99 Å². The molecule has 7 nitrogen and oxygen atoms in total. The minimum Gasteiger partial charge on any atom is -0.434 e. The zero-order valence-corrected chi connectivity index (χ0v) is 14.8. The number of benzene rings is 1. The summed E-state index contributed by atoms with van der Waals surface area (Å²) < 4.78 is 31.4. The van der Waals surface area contributed by atoms with Gasteiger partial charge in [-0.1, -0.05) is 24.3 Å². The molecule has 0 radical (unpaired) electrons. The van der Waals surface area contributed by atoms with Crippen LogP contribution in [0.15, 0.2) is 53.7 Å². The molecule has 2 heterocycles. The maximum Gasteiger partial charge on any atom is 0.387 e. The van der Waals surface area contributed by atoms with Gasteiger partial charge < -0.3 is 15.4 Å². The maximum absolute atomic E-state index is 12.5. The van der Waals surface area contributed by atoms with E-state index in [1.165, 1.54) is 6.07 Å². The molecule has 27 heavy (non-hydrogen) atoms. The fourth-order valence-electron chi connectivity index (χ4n) is 2.61. The van der Waals surface area contributed by atoms with Gasteiger partial charge >= 0.3 is 6.61 Å². The lowest BCUT2D eigenvalue weighted by Crippen LogP contribution is -2.38. The van der Waals surface area contributed by atoms with Crippen LogP contribution in [0.4, 0.5) is 8.78 Å². The van der Waals surface area contributed by atoms with E-state index in [-0.39, 0.29) is 5.75 Å². The van der Waals surface area contributed by atoms with E-state index in [4.69, 9.17) is 0 Å². The fraction of sp³-hybridized carbons (Fsp3) is 0.278. The average Bonchev–Trinajstić information content (AvgIpc) is 3.08. The van der Waals surface area contributed by atoms with Crippen molar-refractivity contribution in [3.8, 4) is 5.75 Å². The molecule has 9 heteroatoms. The average molecular weight is 374 g/mol. The molecule has 3 rings (SSSR count). The minimum absolute atomic E-state index is 0.144. The highest BCUT2D eigenvalue weighted by Crippen LogP contribution is 2.19. The Hall–Kier alpha value is -3.23. The van der Waals surface area contributed by atoms with Crippen molar-refractivity contribution in [1.29, 1.82) is 0 Å². The van der Waals surface area contributed by atoms with Crippen LogP contribution < -0.4 is 15.4 Å². The minimum atomic E-state index is -2.86. The third kappa shape index (κ3) is 4.90. The van der Waals surface area contributed by atoms with Crippen LogP contribution in [0.5, 0.6) is 5.75 Å². The van der Waals surface area contributed by atoms with Crippen LogP contribution in [-0.4, -0.2) is 40.8 Å². The highest BCUT2D eigenvalue weighted by atomic mass is 19.3. The lowest BCUT2D eigenvalue weighted by molar-refractivity contribution is -0.0504. The summed E-state index contributed by atoms with van der Waals surface area (Å²) in [5.74, 6) is 1.53. The van der Waals surface area contributed by atoms with Crippen LogP contribution in [0.1, 0.15) is 11.4 Å². The van der Waals surface area contributed by atoms with Gasteiger partial charge in [0.25, 0.3) is 0 Å². The van der Waals surface area contributed by atoms with Crippen molar-refractivity contribution < 1.29 is 13.5 Å². The second-order valence-electron chi connectivity index (χ2n) is 5.63. The number of nitrogens with zero attached hydrogens (tertiary/aromatic N) is 4. The Morgan fingerprint density at radius 2 is 1.96 bits per heavy atom. The van der Waals surface area contributed by atoms with Gasteiger partial charge in [0.15, 0.2) is 11.6 Å². The topological polar surface area (TPSA) is 75.8 Å². The van der Waals surface area contributed by atoms with Gasteiger partial charge in [0.2, 0.25) is 0 Å². The zero-order valence-electron chi connectivity index (χ0n) is 14.8. The molecule has 0 bridgehead atoms. The number of pyridine rings is 1. The molecule has 0 unspecified atom stereocenters. The first kappa shape index (κ1) is 18.6. The number of hydrogen-bond donors (Lipinski definition) is 2. The van der Waals surface area contributed by atoms with Crippen molar-refractivity contribution in [2.45, 2.75) is 19.6 Å². The first-order valence-electron chi connectivity index (χ1n) is 8.43. The molecule has 142 valence electrons. The van der Waals surface area contributed by atoms with Gasteiger partial charge in [0.1, 0.15) is 11.6 Å². The summed E-state index contributed by atoms with van der Waals surface area (Å²) in [6.07, 6.45) is 2.56. The molecule has 0 saturated heterocycles. The smallest absolute Gasteiger partial charge is 0.387 e. The summed E-state index contributed by atoms with van der Waals surface area (Å²) in [5.41, 5.74) is 1.41. The largest absolute Gasteiger partial charge is 0.434 e. The van der Waals surface area contributed by atoms with Gasteiger partial charge in [-0.3, -0.25) is 9.39 Å². The Bertz CT molecular complexity index is 912. The number of hydrogen-bond acceptors (Lipinski definition) is 4. The predicted octanol–water partition coefficient (Wildman–Crippen LogP) is 2.24. The highest BCUT2D eigenvalue weighted by molar-refractivity contribution is 5.79. The second kappa shape index (κ2) is 8.93. The number of aromatic nitrogens is 3. The molecule has 0 fully saturated rings. The molecular formula is C18H20F2N6O. The quantitative estimate of drug-likeness (QED) is 0.490. The van der Waals surface area contributed by atoms with Crippen molar-refractivity contribution >= 4 is 11.6 Å².